The van der Waals surface area contributed by atoms with Crippen LogP contribution in [0.15, 0.2) is 36.8 Å². The highest BCUT2D eigenvalue weighted by atomic mass is 32.1. The Balaban J connectivity index is 1.32. The third kappa shape index (κ3) is 6.90. The molecule has 10 nitrogen and oxygen atoms in total. The van der Waals surface area contributed by atoms with Crippen LogP contribution in [0.1, 0.15) is 66.3 Å². The molecule has 3 unspecified atom stereocenters. The molecule has 0 aliphatic carbocycles. The van der Waals surface area contributed by atoms with E-state index in [1.54, 1.807) is 36.2 Å². The molecule has 2 aliphatic heterocycles. The predicted molar refractivity (Wildman–Crippen MR) is 151 cm³/mol. The Morgan fingerprint density at radius 3 is 2.58 bits per heavy atom. The maximum atomic E-state index is 13.3. The van der Waals surface area contributed by atoms with E-state index in [0.717, 1.165) is 23.7 Å². The fourth-order valence-electron chi connectivity index (χ4n) is 4.96. The van der Waals surface area contributed by atoms with Gasteiger partial charge in [0.1, 0.15) is 29.1 Å². The van der Waals surface area contributed by atoms with E-state index in [0.29, 0.717) is 41.5 Å². The van der Waals surface area contributed by atoms with Gasteiger partial charge in [-0.1, -0.05) is 6.92 Å². The fraction of sp³-hybridized carbons (Fsp3) is 0.483. The summed E-state index contributed by atoms with van der Waals surface area (Å²) in [5, 5.41) is 3.48. The Morgan fingerprint density at radius 1 is 1.19 bits per heavy atom. The zero-order valence-corrected chi connectivity index (χ0v) is 24.9. The molecule has 2 aromatic heterocycles. The van der Waals surface area contributed by atoms with E-state index in [1.807, 2.05) is 20.8 Å². The molecule has 43 heavy (non-hydrogen) atoms. The van der Waals surface area contributed by atoms with Gasteiger partial charge in [0.15, 0.2) is 0 Å². The summed E-state index contributed by atoms with van der Waals surface area (Å²) in [4.78, 5) is 39.9. The second-order valence-corrected chi connectivity index (χ2v) is 12.2. The van der Waals surface area contributed by atoms with Gasteiger partial charge in [0.05, 0.1) is 25.2 Å². The van der Waals surface area contributed by atoms with Gasteiger partial charge in [-0.15, -0.1) is 11.3 Å². The molecule has 4 atom stereocenters. The quantitative estimate of drug-likeness (QED) is 0.330. The van der Waals surface area contributed by atoms with Gasteiger partial charge in [-0.25, -0.2) is 19.7 Å². The van der Waals surface area contributed by atoms with Crippen molar-refractivity contribution in [3.05, 3.63) is 58.6 Å². The number of nitrogens with zero attached hydrogens (tertiary/aromatic N) is 4. The van der Waals surface area contributed by atoms with Crippen molar-refractivity contribution in [2.24, 2.45) is 0 Å². The van der Waals surface area contributed by atoms with Crippen LogP contribution in [-0.4, -0.2) is 69.4 Å². The minimum atomic E-state index is -4.66. The average molecular weight is 620 g/mol. The summed E-state index contributed by atoms with van der Waals surface area (Å²) in [6, 6.07) is 4.28. The van der Waals surface area contributed by atoms with Crippen molar-refractivity contribution < 1.29 is 37.0 Å². The number of rotatable bonds is 9. The second kappa shape index (κ2) is 12.1. The molecule has 2 bridgehead atoms. The maximum absolute atomic E-state index is 13.3. The Bertz CT molecular complexity index is 1480. The Kier molecular flexibility index (Phi) is 8.61. The van der Waals surface area contributed by atoms with Crippen molar-refractivity contribution in [1.82, 2.24) is 25.2 Å². The van der Waals surface area contributed by atoms with E-state index in [4.69, 9.17) is 14.2 Å². The van der Waals surface area contributed by atoms with E-state index in [9.17, 15) is 22.8 Å². The van der Waals surface area contributed by atoms with Crippen LogP contribution < -0.4 is 10.1 Å². The monoisotopic (exact) mass is 619 g/mol. The molecule has 2 amide bonds. The number of carbonyl (C=O) groups excluding carboxylic acids is 2. The van der Waals surface area contributed by atoms with Gasteiger partial charge in [0.2, 0.25) is 5.82 Å². The number of ether oxygens (including phenoxy) is 3. The number of aryl methyl sites for hydroxylation is 1. The summed E-state index contributed by atoms with van der Waals surface area (Å²) >= 11 is 1.46. The zero-order valence-electron chi connectivity index (χ0n) is 24.1. The summed E-state index contributed by atoms with van der Waals surface area (Å²) in [6.07, 6.45) is -0.0626. The second-order valence-electron chi connectivity index (χ2n) is 10.9. The molecule has 2 fully saturated rings. The van der Waals surface area contributed by atoms with E-state index in [-0.39, 0.29) is 30.4 Å². The SMILES string of the molecule is CCC(C)OC(=O)N1CC2(COc3cc(C(=O)N[C@H](C)c4cnc(C(F)(F)F)nc4)cc(-c4ncc(C)s4)c3)CC1CO2. The molecule has 0 radical (unpaired) electrons. The number of aromatic nitrogens is 3. The van der Waals surface area contributed by atoms with Crippen LogP contribution in [-0.2, 0) is 15.7 Å². The Labute approximate surface area is 250 Å². The molecule has 3 aromatic rings. The summed E-state index contributed by atoms with van der Waals surface area (Å²) < 4.78 is 56.3. The molecular formula is C29H32F3N5O5S. The van der Waals surface area contributed by atoms with Crippen LogP contribution in [0.25, 0.3) is 10.6 Å². The van der Waals surface area contributed by atoms with Crippen molar-refractivity contribution in [2.45, 2.75) is 70.5 Å². The molecule has 1 aromatic carbocycles. The van der Waals surface area contributed by atoms with Gasteiger partial charge in [-0.05, 0) is 45.4 Å². The van der Waals surface area contributed by atoms with E-state index in [1.165, 1.54) is 11.3 Å². The summed E-state index contributed by atoms with van der Waals surface area (Å²) in [6.45, 7) is 8.22. The van der Waals surface area contributed by atoms with E-state index < -0.39 is 29.6 Å². The Hall–Kier alpha value is -3.78. The lowest BCUT2D eigenvalue weighted by Crippen LogP contribution is -2.48. The number of alkyl halides is 3. The highest BCUT2D eigenvalue weighted by Gasteiger charge is 2.54. The first-order chi connectivity index (χ1) is 20.4. The molecule has 2 aliphatic rings. The van der Waals surface area contributed by atoms with Crippen LogP contribution >= 0.6 is 11.3 Å². The summed E-state index contributed by atoms with van der Waals surface area (Å²) in [5.74, 6) is -1.32. The number of halogens is 3. The lowest BCUT2D eigenvalue weighted by molar-refractivity contribution is -0.145. The molecule has 5 rings (SSSR count). The summed E-state index contributed by atoms with van der Waals surface area (Å²) in [7, 11) is 0. The van der Waals surface area contributed by atoms with Crippen LogP contribution in [0.4, 0.5) is 18.0 Å². The van der Waals surface area contributed by atoms with Crippen molar-refractivity contribution in [1.29, 1.82) is 0 Å². The molecule has 230 valence electrons. The number of amides is 2. The number of likely N-dealkylation sites (tertiary alicyclic amines) is 1. The van der Waals surface area contributed by atoms with Gasteiger partial charge in [0, 0.05) is 46.6 Å². The van der Waals surface area contributed by atoms with Crippen LogP contribution in [0.3, 0.4) is 0 Å². The minimum Gasteiger partial charge on any atom is -0.490 e. The molecule has 14 heteroatoms. The minimum absolute atomic E-state index is 0.0956. The van der Waals surface area contributed by atoms with Gasteiger partial charge < -0.3 is 19.5 Å². The van der Waals surface area contributed by atoms with Crippen molar-refractivity contribution in [3.63, 3.8) is 0 Å². The molecule has 4 heterocycles. The van der Waals surface area contributed by atoms with Crippen LogP contribution in [0.2, 0.25) is 0 Å². The number of nitrogens with one attached hydrogen (secondary N) is 1. The normalized spacial score (nSPS) is 21.0. The molecule has 2 saturated heterocycles. The number of thiazole rings is 1. The maximum Gasteiger partial charge on any atom is 0.451 e. The molecular weight excluding hydrogens is 587 g/mol. The summed E-state index contributed by atoms with van der Waals surface area (Å²) in [5.41, 5.74) is 0.549. The fourth-order valence-corrected chi connectivity index (χ4v) is 5.72. The first-order valence-corrected chi connectivity index (χ1v) is 14.7. The smallest absolute Gasteiger partial charge is 0.451 e. The number of morpholine rings is 1. The van der Waals surface area contributed by atoms with Crippen molar-refractivity contribution >= 4 is 23.3 Å². The van der Waals surface area contributed by atoms with Gasteiger partial charge in [0.25, 0.3) is 5.91 Å². The molecule has 0 saturated carbocycles. The largest absolute Gasteiger partial charge is 0.490 e. The Morgan fingerprint density at radius 2 is 1.93 bits per heavy atom. The first kappa shape index (κ1) is 30.7. The highest BCUT2D eigenvalue weighted by molar-refractivity contribution is 7.14. The third-order valence-corrected chi connectivity index (χ3v) is 8.47. The lowest BCUT2D eigenvalue weighted by Gasteiger charge is -2.32. The third-order valence-electron chi connectivity index (χ3n) is 7.51. The zero-order chi connectivity index (χ0) is 30.9. The number of hydrogen-bond donors (Lipinski definition) is 1. The van der Waals surface area contributed by atoms with E-state index in [2.05, 4.69) is 20.3 Å². The van der Waals surface area contributed by atoms with Gasteiger partial charge in [-0.3, -0.25) is 9.69 Å². The standard InChI is InChI=1S/C29H32F3N5O5S/c1-5-16(2)42-27(39)37-14-28(9-22(37)13-41-28)15-40-23-7-19(6-20(8-23)25-33-10-17(3)43-25)24(38)36-18(4)21-11-34-26(35-12-21)29(30,31)32/h6-8,10-12,16,18,22H,5,9,13-15H2,1-4H3,(H,36,38)/t16?,18-,22?,28?/m1/s1. The topological polar surface area (TPSA) is 116 Å². The van der Waals surface area contributed by atoms with E-state index >= 15 is 0 Å². The van der Waals surface area contributed by atoms with Crippen LogP contribution in [0.5, 0.6) is 5.75 Å². The molecule has 0 spiro atoms. The number of carbonyl (C=O) groups is 2. The van der Waals surface area contributed by atoms with Gasteiger partial charge >= 0.3 is 12.3 Å². The molecule has 1 N–H and O–H groups in total. The average Bonchev–Trinajstić information content (AvgIpc) is 3.70. The van der Waals surface area contributed by atoms with Crippen molar-refractivity contribution in [2.75, 3.05) is 19.8 Å². The lowest BCUT2D eigenvalue weighted by atomic mass is 10.0. The predicted octanol–water partition coefficient (Wildman–Crippen LogP) is 5.58. The van der Waals surface area contributed by atoms with Crippen LogP contribution in [0, 0.1) is 6.92 Å². The number of hydrogen-bond acceptors (Lipinski definition) is 9. The number of benzene rings is 1. The number of fused-ring (bicyclic) bond motifs is 2. The first-order valence-electron chi connectivity index (χ1n) is 13.9. The van der Waals surface area contributed by atoms with Crippen molar-refractivity contribution in [3.8, 4) is 16.3 Å². The van der Waals surface area contributed by atoms with Gasteiger partial charge in [-0.2, -0.15) is 13.2 Å². The highest BCUT2D eigenvalue weighted by Crippen LogP contribution is 2.39.